The first kappa shape index (κ1) is 13.7. The van der Waals surface area contributed by atoms with Gasteiger partial charge in [-0.25, -0.2) is 4.98 Å². The van der Waals surface area contributed by atoms with Gasteiger partial charge in [0, 0.05) is 18.8 Å². The first-order chi connectivity index (χ1) is 9.09. The normalized spacial score (nSPS) is 18.6. The van der Waals surface area contributed by atoms with E-state index in [4.69, 9.17) is 0 Å². The summed E-state index contributed by atoms with van der Waals surface area (Å²) in [6, 6.07) is 2.74. The molecule has 2 rings (SSSR count). The highest BCUT2D eigenvalue weighted by Crippen LogP contribution is 2.27. The highest BCUT2D eigenvalue weighted by molar-refractivity contribution is 5.44. The molecule has 0 aliphatic heterocycles. The van der Waals surface area contributed by atoms with Gasteiger partial charge in [-0.3, -0.25) is 10.1 Å². The molecule has 6 heteroatoms. The van der Waals surface area contributed by atoms with Gasteiger partial charge in [-0.1, -0.05) is 25.7 Å². The topological polar surface area (TPSA) is 88.3 Å². The van der Waals surface area contributed by atoms with Crippen molar-refractivity contribution in [2.24, 2.45) is 0 Å². The van der Waals surface area contributed by atoms with Crippen molar-refractivity contribution in [2.75, 3.05) is 11.9 Å². The van der Waals surface area contributed by atoms with Crippen LogP contribution in [0.4, 0.5) is 11.5 Å². The van der Waals surface area contributed by atoms with Gasteiger partial charge >= 0.3 is 0 Å². The Labute approximate surface area is 112 Å². The Kier molecular flexibility index (Phi) is 4.31. The number of anilines is 1. The first-order valence-electron chi connectivity index (χ1n) is 6.66. The Hall–Kier alpha value is -1.69. The summed E-state index contributed by atoms with van der Waals surface area (Å²) >= 11 is 0. The Bertz CT molecular complexity index is 443. The van der Waals surface area contributed by atoms with Crippen LogP contribution in [0.3, 0.4) is 0 Å². The molecule has 0 aromatic carbocycles. The maximum absolute atomic E-state index is 10.7. The Morgan fingerprint density at radius 2 is 2.05 bits per heavy atom. The van der Waals surface area contributed by atoms with Crippen LogP contribution in [-0.2, 0) is 0 Å². The van der Waals surface area contributed by atoms with Crippen LogP contribution >= 0.6 is 0 Å². The Balaban J connectivity index is 1.97. The lowest BCUT2D eigenvalue weighted by Crippen LogP contribution is -2.36. The third-order valence-electron chi connectivity index (χ3n) is 3.59. The molecule has 0 amide bonds. The summed E-state index contributed by atoms with van der Waals surface area (Å²) in [5.41, 5.74) is -0.714. The van der Waals surface area contributed by atoms with E-state index in [1.165, 1.54) is 18.3 Å². The SMILES string of the molecule is O=[N+]([O-])c1ccnc(NCC2(O)CCCCCC2)c1. The minimum Gasteiger partial charge on any atom is -0.388 e. The van der Waals surface area contributed by atoms with Crippen molar-refractivity contribution in [1.29, 1.82) is 0 Å². The smallest absolute Gasteiger partial charge is 0.274 e. The summed E-state index contributed by atoms with van der Waals surface area (Å²) in [4.78, 5) is 14.3. The highest BCUT2D eigenvalue weighted by Gasteiger charge is 2.27. The fraction of sp³-hybridized carbons (Fsp3) is 0.615. The molecule has 0 spiro atoms. The Morgan fingerprint density at radius 1 is 1.37 bits per heavy atom. The van der Waals surface area contributed by atoms with Crippen molar-refractivity contribution >= 4 is 11.5 Å². The van der Waals surface area contributed by atoms with Crippen molar-refractivity contribution in [3.63, 3.8) is 0 Å². The zero-order valence-electron chi connectivity index (χ0n) is 10.8. The average molecular weight is 265 g/mol. The molecule has 104 valence electrons. The maximum atomic E-state index is 10.7. The molecule has 2 N–H and O–H groups in total. The van der Waals surface area contributed by atoms with E-state index in [-0.39, 0.29) is 5.69 Å². The van der Waals surface area contributed by atoms with Gasteiger partial charge in [0.15, 0.2) is 0 Å². The first-order valence-corrected chi connectivity index (χ1v) is 6.66. The van der Waals surface area contributed by atoms with Gasteiger partial charge in [0.1, 0.15) is 5.82 Å². The number of rotatable bonds is 4. The van der Waals surface area contributed by atoms with E-state index >= 15 is 0 Å². The van der Waals surface area contributed by atoms with Crippen molar-refractivity contribution in [1.82, 2.24) is 4.98 Å². The third kappa shape index (κ3) is 3.89. The molecule has 1 aromatic rings. The van der Waals surface area contributed by atoms with E-state index in [0.29, 0.717) is 12.4 Å². The van der Waals surface area contributed by atoms with E-state index in [1.807, 2.05) is 0 Å². The number of pyridine rings is 1. The van der Waals surface area contributed by atoms with Crippen molar-refractivity contribution < 1.29 is 10.0 Å². The van der Waals surface area contributed by atoms with Gasteiger partial charge in [-0.2, -0.15) is 0 Å². The number of nitrogens with one attached hydrogen (secondary N) is 1. The van der Waals surface area contributed by atoms with E-state index in [9.17, 15) is 15.2 Å². The summed E-state index contributed by atoms with van der Waals surface area (Å²) in [5.74, 6) is 0.437. The van der Waals surface area contributed by atoms with Gasteiger partial charge in [0.25, 0.3) is 5.69 Å². The zero-order chi connectivity index (χ0) is 13.7. The molecule has 1 aromatic heterocycles. The second-order valence-electron chi connectivity index (χ2n) is 5.15. The molecule has 0 atom stereocenters. The number of nitrogens with zero attached hydrogens (tertiary/aromatic N) is 2. The standard InChI is InChI=1S/C13H19N3O3/c17-13(6-3-1-2-4-7-13)10-15-12-9-11(16(18)19)5-8-14-12/h5,8-9,17H,1-4,6-7,10H2,(H,14,15). The largest absolute Gasteiger partial charge is 0.388 e. The fourth-order valence-electron chi connectivity index (χ4n) is 2.45. The molecular weight excluding hydrogens is 246 g/mol. The second kappa shape index (κ2) is 5.97. The zero-order valence-corrected chi connectivity index (χ0v) is 10.8. The van der Waals surface area contributed by atoms with Gasteiger partial charge in [-0.05, 0) is 12.8 Å². The second-order valence-corrected chi connectivity index (χ2v) is 5.15. The van der Waals surface area contributed by atoms with E-state index < -0.39 is 10.5 Å². The minimum absolute atomic E-state index is 0.00496. The summed E-state index contributed by atoms with van der Waals surface area (Å²) in [6.07, 6.45) is 7.33. The molecule has 19 heavy (non-hydrogen) atoms. The number of hydrogen-bond acceptors (Lipinski definition) is 5. The molecule has 1 saturated carbocycles. The van der Waals surface area contributed by atoms with Crippen LogP contribution in [0, 0.1) is 10.1 Å². The number of aromatic nitrogens is 1. The molecule has 1 heterocycles. The molecule has 0 unspecified atom stereocenters. The molecule has 0 saturated heterocycles. The summed E-state index contributed by atoms with van der Waals surface area (Å²) in [7, 11) is 0. The summed E-state index contributed by atoms with van der Waals surface area (Å²) in [5, 5.41) is 24.1. The van der Waals surface area contributed by atoms with Crippen LogP contribution in [0.1, 0.15) is 38.5 Å². The molecule has 1 aliphatic carbocycles. The monoisotopic (exact) mass is 265 g/mol. The average Bonchev–Trinajstić information content (AvgIpc) is 2.62. The quantitative estimate of drug-likeness (QED) is 0.496. The molecule has 6 nitrogen and oxygen atoms in total. The fourth-order valence-corrected chi connectivity index (χ4v) is 2.45. The van der Waals surface area contributed by atoms with E-state index in [2.05, 4.69) is 10.3 Å². The molecular formula is C13H19N3O3. The maximum Gasteiger partial charge on any atom is 0.274 e. The minimum atomic E-state index is -0.719. The van der Waals surface area contributed by atoms with Crippen LogP contribution in [-0.4, -0.2) is 27.2 Å². The van der Waals surface area contributed by atoms with Gasteiger partial charge in [0.2, 0.25) is 0 Å². The number of hydrogen-bond donors (Lipinski definition) is 2. The summed E-state index contributed by atoms with van der Waals surface area (Å²) < 4.78 is 0. The van der Waals surface area contributed by atoms with Crippen molar-refractivity contribution in [3.8, 4) is 0 Å². The predicted molar refractivity (Wildman–Crippen MR) is 72.0 cm³/mol. The van der Waals surface area contributed by atoms with Crippen LogP contribution in [0.15, 0.2) is 18.3 Å². The molecule has 0 bridgehead atoms. The van der Waals surface area contributed by atoms with Gasteiger partial charge in [-0.15, -0.1) is 0 Å². The third-order valence-corrected chi connectivity index (χ3v) is 3.59. The van der Waals surface area contributed by atoms with Crippen LogP contribution in [0.2, 0.25) is 0 Å². The highest BCUT2D eigenvalue weighted by atomic mass is 16.6. The lowest BCUT2D eigenvalue weighted by Gasteiger charge is -2.27. The number of nitro groups is 1. The van der Waals surface area contributed by atoms with Crippen molar-refractivity contribution in [3.05, 3.63) is 28.4 Å². The van der Waals surface area contributed by atoms with E-state index in [1.54, 1.807) is 0 Å². The number of aliphatic hydroxyl groups is 1. The predicted octanol–water partition coefficient (Wildman–Crippen LogP) is 2.49. The van der Waals surface area contributed by atoms with Crippen LogP contribution < -0.4 is 5.32 Å². The van der Waals surface area contributed by atoms with Crippen molar-refractivity contribution in [2.45, 2.75) is 44.1 Å². The van der Waals surface area contributed by atoms with Crippen LogP contribution in [0.5, 0.6) is 0 Å². The van der Waals surface area contributed by atoms with Gasteiger partial charge < -0.3 is 10.4 Å². The molecule has 1 fully saturated rings. The van der Waals surface area contributed by atoms with E-state index in [0.717, 1.165) is 38.5 Å². The van der Waals surface area contributed by atoms with Gasteiger partial charge in [0.05, 0.1) is 16.6 Å². The molecule has 1 aliphatic rings. The molecule has 0 radical (unpaired) electrons. The Morgan fingerprint density at radius 3 is 2.68 bits per heavy atom. The van der Waals surface area contributed by atoms with Crippen LogP contribution in [0.25, 0.3) is 0 Å². The summed E-state index contributed by atoms with van der Waals surface area (Å²) in [6.45, 7) is 0.390. The lowest BCUT2D eigenvalue weighted by molar-refractivity contribution is -0.384. The lowest BCUT2D eigenvalue weighted by atomic mass is 9.94.